The van der Waals surface area contributed by atoms with Crippen molar-refractivity contribution in [1.82, 2.24) is 0 Å². The van der Waals surface area contributed by atoms with Crippen LogP contribution in [0.1, 0.15) is 16.7 Å². The van der Waals surface area contributed by atoms with Gasteiger partial charge in [0, 0.05) is 35.6 Å². The lowest BCUT2D eigenvalue weighted by atomic mass is 9.99. The maximum atomic E-state index is 13.6. The van der Waals surface area contributed by atoms with Crippen molar-refractivity contribution in [2.45, 2.75) is 13.3 Å². The first kappa shape index (κ1) is 15.7. The van der Waals surface area contributed by atoms with Gasteiger partial charge in [-0.25, -0.2) is 9.18 Å². The van der Waals surface area contributed by atoms with Crippen LogP contribution in [-0.2, 0) is 6.42 Å². The molecule has 0 atom stereocenters. The van der Waals surface area contributed by atoms with Gasteiger partial charge in [0.05, 0.1) is 4.92 Å². The average molecular weight is 329 g/mol. The van der Waals surface area contributed by atoms with E-state index in [1.807, 2.05) is 0 Å². The molecule has 0 aliphatic rings. The Bertz CT molecular complexity index is 1030. The Morgan fingerprint density at radius 1 is 1.29 bits per heavy atom. The van der Waals surface area contributed by atoms with Crippen molar-refractivity contribution < 1.29 is 18.8 Å². The van der Waals surface area contributed by atoms with Gasteiger partial charge >= 0.3 is 5.63 Å². The Labute approximate surface area is 134 Å². The normalized spacial score (nSPS) is 10.9. The molecular formula is C17H12FNO5. The minimum Gasteiger partial charge on any atom is -0.505 e. The number of phenolic OH excluding ortho intramolecular Hbond substituents is 1. The Kier molecular flexibility index (Phi) is 3.76. The number of nitro groups is 1. The Morgan fingerprint density at radius 2 is 2.04 bits per heavy atom. The fourth-order valence-electron chi connectivity index (χ4n) is 2.59. The maximum absolute atomic E-state index is 13.6. The molecule has 0 unspecified atom stereocenters. The molecule has 6 nitrogen and oxygen atoms in total. The summed E-state index contributed by atoms with van der Waals surface area (Å²) in [5, 5.41) is 20.6. The highest BCUT2D eigenvalue weighted by molar-refractivity contribution is 5.82. The number of fused-ring (bicyclic) bond motifs is 1. The highest BCUT2D eigenvalue weighted by Gasteiger charge is 2.15. The fraction of sp³-hybridized carbons (Fsp3) is 0.118. The zero-order valence-electron chi connectivity index (χ0n) is 12.6. The van der Waals surface area contributed by atoms with Crippen LogP contribution >= 0.6 is 0 Å². The second-order valence-corrected chi connectivity index (χ2v) is 5.40. The van der Waals surface area contributed by atoms with Crippen LogP contribution in [0.3, 0.4) is 0 Å². The van der Waals surface area contributed by atoms with Crippen molar-refractivity contribution >= 4 is 16.7 Å². The predicted octanol–water partition coefficient (Wildman–Crippen LogP) is 3.45. The number of hydrogen-bond acceptors (Lipinski definition) is 5. The molecule has 24 heavy (non-hydrogen) atoms. The van der Waals surface area contributed by atoms with Crippen LogP contribution in [-0.4, -0.2) is 10.0 Å². The summed E-state index contributed by atoms with van der Waals surface area (Å²) in [5.41, 5.74) is 0.737. The fourth-order valence-corrected chi connectivity index (χ4v) is 2.59. The predicted molar refractivity (Wildman–Crippen MR) is 84.7 cm³/mol. The lowest BCUT2D eigenvalue weighted by Gasteiger charge is -2.08. The van der Waals surface area contributed by atoms with E-state index >= 15 is 0 Å². The van der Waals surface area contributed by atoms with Crippen LogP contribution in [0.4, 0.5) is 10.1 Å². The first-order valence-electron chi connectivity index (χ1n) is 7.05. The summed E-state index contributed by atoms with van der Waals surface area (Å²) >= 11 is 0. The highest BCUT2D eigenvalue weighted by Crippen LogP contribution is 2.27. The number of phenols is 1. The lowest BCUT2D eigenvalue weighted by Crippen LogP contribution is -2.11. The van der Waals surface area contributed by atoms with Crippen LogP contribution in [0.25, 0.3) is 11.0 Å². The van der Waals surface area contributed by atoms with Crippen LogP contribution in [0, 0.1) is 22.9 Å². The number of aromatic hydroxyl groups is 1. The Hall–Kier alpha value is -3.22. The molecule has 1 aromatic heterocycles. The smallest absolute Gasteiger partial charge is 0.340 e. The van der Waals surface area contributed by atoms with Crippen molar-refractivity contribution in [2.24, 2.45) is 0 Å². The first-order valence-corrected chi connectivity index (χ1v) is 7.05. The third-order valence-corrected chi connectivity index (χ3v) is 3.86. The summed E-state index contributed by atoms with van der Waals surface area (Å²) < 4.78 is 18.7. The summed E-state index contributed by atoms with van der Waals surface area (Å²) in [6, 6.07) is 8.07. The van der Waals surface area contributed by atoms with E-state index in [0.717, 1.165) is 12.1 Å². The van der Waals surface area contributed by atoms with Crippen molar-refractivity contribution in [1.29, 1.82) is 0 Å². The van der Waals surface area contributed by atoms with Crippen LogP contribution in [0.2, 0.25) is 0 Å². The summed E-state index contributed by atoms with van der Waals surface area (Å²) in [7, 11) is 0. The lowest BCUT2D eigenvalue weighted by molar-refractivity contribution is -0.384. The highest BCUT2D eigenvalue weighted by atomic mass is 19.1. The third kappa shape index (κ3) is 2.71. The molecule has 3 aromatic rings. The van der Waals surface area contributed by atoms with E-state index < -0.39 is 22.1 Å². The van der Waals surface area contributed by atoms with Crippen molar-refractivity contribution in [3.8, 4) is 5.75 Å². The average Bonchev–Trinajstić information content (AvgIpc) is 2.54. The van der Waals surface area contributed by atoms with Gasteiger partial charge in [0.25, 0.3) is 5.69 Å². The molecule has 0 amide bonds. The minimum absolute atomic E-state index is 0.0775. The quantitative estimate of drug-likeness (QED) is 0.451. The zero-order chi connectivity index (χ0) is 17.4. The summed E-state index contributed by atoms with van der Waals surface area (Å²) in [4.78, 5) is 22.5. The molecule has 0 aliphatic heterocycles. The zero-order valence-corrected chi connectivity index (χ0v) is 12.6. The molecule has 3 rings (SSSR count). The number of benzene rings is 2. The topological polar surface area (TPSA) is 93.6 Å². The molecule has 0 fully saturated rings. The molecule has 1 heterocycles. The molecule has 0 saturated heterocycles. The number of hydrogen-bond donors (Lipinski definition) is 1. The van der Waals surface area contributed by atoms with E-state index in [-0.39, 0.29) is 23.3 Å². The van der Waals surface area contributed by atoms with Gasteiger partial charge in [-0.15, -0.1) is 0 Å². The van der Waals surface area contributed by atoms with E-state index in [9.17, 15) is 24.4 Å². The number of nitrogens with zero attached hydrogens (tertiary/aromatic N) is 1. The van der Waals surface area contributed by atoms with Gasteiger partial charge in [0.1, 0.15) is 5.58 Å². The van der Waals surface area contributed by atoms with Crippen LogP contribution in [0.15, 0.2) is 45.6 Å². The van der Waals surface area contributed by atoms with Gasteiger partial charge < -0.3 is 9.52 Å². The first-order chi connectivity index (χ1) is 11.4. The molecular weight excluding hydrogens is 317 g/mol. The van der Waals surface area contributed by atoms with Gasteiger partial charge in [-0.1, -0.05) is 12.1 Å². The molecule has 1 N–H and O–H groups in total. The molecule has 0 bridgehead atoms. The number of non-ortho nitro benzene ring substituents is 1. The molecule has 7 heteroatoms. The van der Waals surface area contributed by atoms with Gasteiger partial charge in [0.15, 0.2) is 11.6 Å². The summed E-state index contributed by atoms with van der Waals surface area (Å²) in [6.07, 6.45) is 0.119. The molecule has 2 aromatic carbocycles. The van der Waals surface area contributed by atoms with Gasteiger partial charge in [-0.2, -0.15) is 0 Å². The molecule has 0 saturated carbocycles. The number of aryl methyl sites for hydroxylation is 1. The van der Waals surface area contributed by atoms with Crippen LogP contribution < -0.4 is 5.63 Å². The van der Waals surface area contributed by atoms with Gasteiger partial charge in [-0.05, 0) is 24.1 Å². The SMILES string of the molecule is Cc1c(Cc2cccc([N+](=O)[O-])c2)c(=O)oc2cc(O)c(F)cc12. The van der Waals surface area contributed by atoms with E-state index in [0.29, 0.717) is 16.5 Å². The van der Waals surface area contributed by atoms with Crippen molar-refractivity contribution in [2.75, 3.05) is 0 Å². The van der Waals surface area contributed by atoms with Crippen molar-refractivity contribution in [3.05, 3.63) is 79.4 Å². The standard InChI is InChI=1S/C17H12FNO5/c1-9-12-7-14(18)15(20)8-16(12)24-17(21)13(9)6-10-3-2-4-11(5-10)19(22)23/h2-5,7-8,20H,6H2,1H3. The van der Waals surface area contributed by atoms with E-state index in [1.54, 1.807) is 13.0 Å². The van der Waals surface area contributed by atoms with Crippen LogP contribution in [0.5, 0.6) is 5.75 Å². The number of halogens is 1. The van der Waals surface area contributed by atoms with Gasteiger partial charge in [0.2, 0.25) is 0 Å². The Morgan fingerprint density at radius 3 is 2.75 bits per heavy atom. The molecule has 0 radical (unpaired) electrons. The molecule has 0 spiro atoms. The molecule has 0 aliphatic carbocycles. The monoisotopic (exact) mass is 329 g/mol. The van der Waals surface area contributed by atoms with Crippen molar-refractivity contribution in [3.63, 3.8) is 0 Å². The Balaban J connectivity index is 2.13. The maximum Gasteiger partial charge on any atom is 0.340 e. The van der Waals surface area contributed by atoms with E-state index in [1.165, 1.54) is 18.2 Å². The largest absolute Gasteiger partial charge is 0.505 e. The van der Waals surface area contributed by atoms with Gasteiger partial charge in [-0.3, -0.25) is 10.1 Å². The third-order valence-electron chi connectivity index (χ3n) is 3.86. The molecule has 122 valence electrons. The second kappa shape index (κ2) is 5.77. The second-order valence-electron chi connectivity index (χ2n) is 5.40. The summed E-state index contributed by atoms with van der Waals surface area (Å²) in [5.74, 6) is -1.42. The minimum atomic E-state index is -0.819. The number of rotatable bonds is 3. The van der Waals surface area contributed by atoms with E-state index in [4.69, 9.17) is 4.42 Å². The number of nitro benzene ring substituents is 1. The summed E-state index contributed by atoms with van der Waals surface area (Å²) in [6.45, 7) is 1.64. The van der Waals surface area contributed by atoms with E-state index in [2.05, 4.69) is 0 Å².